The number of nitrogens with zero attached hydrogens (tertiary/aromatic N) is 2. The third kappa shape index (κ3) is 4.24. The van der Waals surface area contributed by atoms with Crippen LogP contribution in [0.2, 0.25) is 0 Å². The summed E-state index contributed by atoms with van der Waals surface area (Å²) in [7, 11) is 1.48. The second-order valence-corrected chi connectivity index (χ2v) is 5.67. The number of benzene rings is 1. The third-order valence-corrected chi connectivity index (χ3v) is 4.09. The average molecular weight is 352 g/mol. The molecule has 0 aliphatic carbocycles. The van der Waals surface area contributed by atoms with Crippen LogP contribution in [0.15, 0.2) is 18.2 Å². The van der Waals surface area contributed by atoms with Crippen LogP contribution >= 0.6 is 0 Å². The zero-order valence-corrected chi connectivity index (χ0v) is 14.0. The molecule has 0 spiro atoms. The molecule has 136 valence electrons. The summed E-state index contributed by atoms with van der Waals surface area (Å²) in [5.74, 6) is -1.30. The fraction of sp³-hybridized carbons (Fsp3) is 0.500. The van der Waals surface area contributed by atoms with E-state index in [2.05, 4.69) is 0 Å². The second kappa shape index (κ2) is 7.93. The molecule has 0 aromatic heterocycles. The summed E-state index contributed by atoms with van der Waals surface area (Å²) >= 11 is 0. The molecule has 1 aliphatic rings. The third-order valence-electron chi connectivity index (χ3n) is 4.09. The van der Waals surface area contributed by atoms with Gasteiger partial charge in [-0.1, -0.05) is 0 Å². The van der Waals surface area contributed by atoms with Crippen molar-refractivity contribution in [2.45, 2.75) is 31.9 Å². The molecule has 9 nitrogen and oxygen atoms in total. The predicted molar refractivity (Wildman–Crippen MR) is 86.8 cm³/mol. The molecule has 1 amide bonds. The van der Waals surface area contributed by atoms with Gasteiger partial charge in [-0.05, 0) is 25.5 Å². The van der Waals surface area contributed by atoms with Gasteiger partial charge in [0.05, 0.1) is 24.1 Å². The van der Waals surface area contributed by atoms with E-state index >= 15 is 0 Å². The van der Waals surface area contributed by atoms with Gasteiger partial charge in [-0.2, -0.15) is 0 Å². The van der Waals surface area contributed by atoms with Gasteiger partial charge >= 0.3 is 5.97 Å². The molecular formula is C16H20N2O7. The Hall–Kier alpha value is -2.68. The van der Waals surface area contributed by atoms with Gasteiger partial charge in [0.25, 0.3) is 11.6 Å². The minimum absolute atomic E-state index is 0.122. The zero-order valence-electron chi connectivity index (χ0n) is 14.0. The first-order valence-electron chi connectivity index (χ1n) is 7.84. The Kier molecular flexibility index (Phi) is 5.92. The molecule has 9 heteroatoms. The maximum Gasteiger partial charge on any atom is 0.305 e. The lowest BCUT2D eigenvalue weighted by molar-refractivity contribution is -0.385. The van der Waals surface area contributed by atoms with Crippen molar-refractivity contribution in [3.8, 4) is 5.75 Å². The Labute approximate surface area is 144 Å². The molecule has 2 unspecified atom stereocenters. The van der Waals surface area contributed by atoms with E-state index in [1.807, 2.05) is 0 Å². The molecule has 0 bridgehead atoms. The molecule has 1 aromatic rings. The molecule has 0 saturated carbocycles. The van der Waals surface area contributed by atoms with E-state index in [-0.39, 0.29) is 30.3 Å². The average Bonchev–Trinajstić information content (AvgIpc) is 2.96. The normalized spacial score (nSPS) is 19.7. The fourth-order valence-corrected chi connectivity index (χ4v) is 2.95. The van der Waals surface area contributed by atoms with E-state index in [1.165, 1.54) is 30.2 Å². The van der Waals surface area contributed by atoms with Crippen LogP contribution in [0, 0.1) is 10.1 Å². The first kappa shape index (κ1) is 18.7. The van der Waals surface area contributed by atoms with E-state index in [4.69, 9.17) is 14.6 Å². The molecular weight excluding hydrogens is 332 g/mol. The quantitative estimate of drug-likeness (QED) is 0.586. The van der Waals surface area contributed by atoms with Crippen LogP contribution in [-0.4, -0.2) is 59.2 Å². The van der Waals surface area contributed by atoms with Crippen LogP contribution in [0.3, 0.4) is 0 Å². The highest BCUT2D eigenvalue weighted by molar-refractivity contribution is 5.99. The first-order chi connectivity index (χ1) is 11.9. The van der Waals surface area contributed by atoms with Gasteiger partial charge in [0.1, 0.15) is 11.3 Å². The lowest BCUT2D eigenvalue weighted by Crippen LogP contribution is -2.37. The van der Waals surface area contributed by atoms with Gasteiger partial charge < -0.3 is 19.5 Å². The number of hydrogen-bond donors (Lipinski definition) is 1. The summed E-state index contributed by atoms with van der Waals surface area (Å²) < 4.78 is 10.5. The minimum atomic E-state index is -1.04. The number of carboxylic acids is 1. The summed E-state index contributed by atoms with van der Waals surface area (Å²) in [6.45, 7) is 2.29. The number of amides is 1. The number of carbonyl (C=O) groups is 2. The van der Waals surface area contributed by atoms with Crippen molar-refractivity contribution in [3.05, 3.63) is 33.9 Å². The SMILES string of the molecule is CCOc1ccc([N+](=O)[O-])c(C(=O)N2CC(OC)CC2CC(=O)O)c1. The van der Waals surface area contributed by atoms with Crippen LogP contribution < -0.4 is 4.74 Å². The van der Waals surface area contributed by atoms with Crippen molar-refractivity contribution >= 4 is 17.6 Å². The van der Waals surface area contributed by atoms with Gasteiger partial charge in [0, 0.05) is 25.8 Å². The van der Waals surface area contributed by atoms with Gasteiger partial charge in [0.2, 0.25) is 0 Å². The summed E-state index contributed by atoms with van der Waals surface area (Å²) in [4.78, 5) is 35.9. The maximum absolute atomic E-state index is 12.9. The van der Waals surface area contributed by atoms with Crippen LogP contribution in [0.25, 0.3) is 0 Å². The number of methoxy groups -OCH3 is 1. The molecule has 2 rings (SSSR count). The van der Waals surface area contributed by atoms with Crippen molar-refractivity contribution in [1.82, 2.24) is 4.90 Å². The molecule has 1 saturated heterocycles. The Morgan fingerprint density at radius 2 is 2.16 bits per heavy atom. The Morgan fingerprint density at radius 1 is 1.44 bits per heavy atom. The maximum atomic E-state index is 12.9. The summed E-state index contributed by atoms with van der Waals surface area (Å²) in [6.07, 6.45) is -0.180. The van der Waals surface area contributed by atoms with Crippen molar-refractivity contribution < 1.29 is 29.1 Å². The summed E-state index contributed by atoms with van der Waals surface area (Å²) in [6, 6.07) is 3.39. The van der Waals surface area contributed by atoms with Crippen LogP contribution in [0.1, 0.15) is 30.1 Å². The van der Waals surface area contributed by atoms with E-state index < -0.39 is 22.8 Å². The van der Waals surface area contributed by atoms with Gasteiger partial charge in [-0.15, -0.1) is 0 Å². The second-order valence-electron chi connectivity index (χ2n) is 5.67. The van der Waals surface area contributed by atoms with Crippen molar-refractivity contribution in [3.63, 3.8) is 0 Å². The number of hydrogen-bond acceptors (Lipinski definition) is 6. The lowest BCUT2D eigenvalue weighted by atomic mass is 10.1. The zero-order chi connectivity index (χ0) is 18.6. The standard InChI is InChI=1S/C16H20N2O7/c1-3-25-11-4-5-14(18(22)23)13(8-11)16(21)17-9-12(24-2)6-10(17)7-15(19)20/h4-5,8,10,12H,3,6-7,9H2,1-2H3,(H,19,20). The van der Waals surface area contributed by atoms with Crippen molar-refractivity contribution in [2.24, 2.45) is 0 Å². The minimum Gasteiger partial charge on any atom is -0.494 e. The lowest BCUT2D eigenvalue weighted by Gasteiger charge is -2.23. The number of aliphatic carboxylic acids is 1. The topological polar surface area (TPSA) is 119 Å². The number of carbonyl (C=O) groups excluding carboxylic acids is 1. The largest absolute Gasteiger partial charge is 0.494 e. The van der Waals surface area contributed by atoms with Crippen molar-refractivity contribution in [2.75, 3.05) is 20.3 Å². The fourth-order valence-electron chi connectivity index (χ4n) is 2.95. The number of likely N-dealkylation sites (tertiary alicyclic amines) is 1. The Morgan fingerprint density at radius 3 is 2.72 bits per heavy atom. The summed E-state index contributed by atoms with van der Waals surface area (Å²) in [5.41, 5.74) is -0.466. The monoisotopic (exact) mass is 352 g/mol. The predicted octanol–water partition coefficient (Wildman–Crippen LogP) is 1.70. The van der Waals surface area contributed by atoms with E-state index in [0.29, 0.717) is 18.8 Å². The number of nitro groups is 1. The number of carboxylic acid groups (broad SMARTS) is 1. The Balaban J connectivity index is 2.38. The molecule has 1 fully saturated rings. The van der Waals surface area contributed by atoms with Gasteiger partial charge in [-0.25, -0.2) is 0 Å². The van der Waals surface area contributed by atoms with E-state index in [9.17, 15) is 19.7 Å². The van der Waals surface area contributed by atoms with E-state index in [1.54, 1.807) is 6.92 Å². The van der Waals surface area contributed by atoms with Crippen LogP contribution in [0.5, 0.6) is 5.75 Å². The first-order valence-corrected chi connectivity index (χ1v) is 7.84. The molecule has 1 aliphatic heterocycles. The van der Waals surface area contributed by atoms with Gasteiger partial charge in [0.15, 0.2) is 0 Å². The highest BCUT2D eigenvalue weighted by Gasteiger charge is 2.38. The van der Waals surface area contributed by atoms with Crippen LogP contribution in [0.4, 0.5) is 5.69 Å². The van der Waals surface area contributed by atoms with Crippen LogP contribution in [-0.2, 0) is 9.53 Å². The highest BCUT2D eigenvalue weighted by Crippen LogP contribution is 2.30. The molecule has 1 aromatic carbocycles. The Bertz CT molecular complexity index is 676. The molecule has 2 atom stereocenters. The molecule has 0 radical (unpaired) electrons. The van der Waals surface area contributed by atoms with Crippen molar-refractivity contribution in [1.29, 1.82) is 0 Å². The number of ether oxygens (including phenoxy) is 2. The van der Waals surface area contributed by atoms with E-state index in [0.717, 1.165) is 0 Å². The summed E-state index contributed by atoms with van der Waals surface area (Å²) in [5, 5.41) is 20.3. The molecule has 25 heavy (non-hydrogen) atoms. The number of nitro benzene ring substituents is 1. The molecule has 1 heterocycles. The molecule has 1 N–H and O–H groups in total. The smallest absolute Gasteiger partial charge is 0.305 e. The van der Waals surface area contributed by atoms with Gasteiger partial charge in [-0.3, -0.25) is 19.7 Å². The highest BCUT2D eigenvalue weighted by atomic mass is 16.6. The number of rotatable bonds is 7.